The Hall–Kier alpha value is -1.55. The molecule has 0 bridgehead atoms. The van der Waals surface area contributed by atoms with Crippen LogP contribution in [0.3, 0.4) is 0 Å². The van der Waals surface area contributed by atoms with Gasteiger partial charge >= 0.3 is 0 Å². The highest BCUT2D eigenvalue weighted by Gasteiger charge is 2.36. The molecule has 5 heteroatoms. The summed E-state index contributed by atoms with van der Waals surface area (Å²) in [5.74, 6) is -0.388. The number of amides is 2. The molecule has 1 aromatic rings. The van der Waals surface area contributed by atoms with Crippen molar-refractivity contribution in [3.63, 3.8) is 0 Å². The van der Waals surface area contributed by atoms with E-state index in [0.717, 1.165) is 5.69 Å². The van der Waals surface area contributed by atoms with Crippen molar-refractivity contribution in [1.29, 1.82) is 0 Å². The quantitative estimate of drug-likeness (QED) is 0.911. The van der Waals surface area contributed by atoms with Crippen molar-refractivity contribution in [2.75, 3.05) is 11.4 Å². The second kappa shape index (κ2) is 5.44. The predicted molar refractivity (Wildman–Crippen MR) is 79.8 cm³/mol. The van der Waals surface area contributed by atoms with E-state index >= 15 is 0 Å². The van der Waals surface area contributed by atoms with Gasteiger partial charge < -0.3 is 10.2 Å². The van der Waals surface area contributed by atoms with Crippen molar-refractivity contribution in [1.82, 2.24) is 5.32 Å². The highest BCUT2D eigenvalue weighted by molar-refractivity contribution is 6.30. The summed E-state index contributed by atoms with van der Waals surface area (Å²) in [5, 5.41) is 3.55. The van der Waals surface area contributed by atoms with E-state index in [1.54, 1.807) is 29.2 Å². The van der Waals surface area contributed by atoms with Crippen molar-refractivity contribution in [3.8, 4) is 0 Å². The molecule has 1 atom stereocenters. The topological polar surface area (TPSA) is 49.4 Å². The van der Waals surface area contributed by atoms with Crippen molar-refractivity contribution < 1.29 is 9.59 Å². The third-order valence-corrected chi connectivity index (χ3v) is 3.38. The first-order valence-electron chi connectivity index (χ1n) is 6.64. The maximum absolute atomic E-state index is 12.1. The van der Waals surface area contributed by atoms with E-state index in [9.17, 15) is 9.59 Å². The molecule has 2 rings (SSSR count). The molecule has 20 heavy (non-hydrogen) atoms. The molecule has 1 N–H and O–H groups in total. The summed E-state index contributed by atoms with van der Waals surface area (Å²) >= 11 is 5.84. The Morgan fingerprint density at radius 3 is 2.45 bits per heavy atom. The van der Waals surface area contributed by atoms with Gasteiger partial charge in [0.25, 0.3) is 0 Å². The number of nitrogens with zero attached hydrogens (tertiary/aromatic N) is 1. The molecule has 1 aromatic carbocycles. The van der Waals surface area contributed by atoms with Gasteiger partial charge in [-0.15, -0.1) is 0 Å². The zero-order valence-electron chi connectivity index (χ0n) is 11.9. The van der Waals surface area contributed by atoms with Gasteiger partial charge in [0.15, 0.2) is 0 Å². The molecule has 0 saturated carbocycles. The Kier molecular flexibility index (Phi) is 4.04. The summed E-state index contributed by atoms with van der Waals surface area (Å²) in [4.78, 5) is 25.8. The molecule has 2 amide bonds. The number of rotatable bonds is 2. The summed E-state index contributed by atoms with van der Waals surface area (Å²) in [6.07, 6.45) is 0.255. The van der Waals surface area contributed by atoms with Gasteiger partial charge in [0, 0.05) is 29.2 Å². The van der Waals surface area contributed by atoms with Crippen molar-refractivity contribution in [2.24, 2.45) is 5.92 Å². The number of anilines is 1. The number of carbonyl (C=O) groups excluding carboxylic acids is 2. The fourth-order valence-corrected chi connectivity index (χ4v) is 2.35. The van der Waals surface area contributed by atoms with Crippen LogP contribution in [0.15, 0.2) is 24.3 Å². The average molecular weight is 295 g/mol. The molecule has 0 radical (unpaired) electrons. The predicted octanol–water partition coefficient (Wildman–Crippen LogP) is 2.61. The first-order chi connectivity index (χ1) is 9.26. The van der Waals surface area contributed by atoms with E-state index in [4.69, 9.17) is 11.6 Å². The number of halogens is 1. The zero-order chi connectivity index (χ0) is 14.9. The fourth-order valence-electron chi connectivity index (χ4n) is 2.23. The molecule has 1 aliphatic rings. The van der Waals surface area contributed by atoms with Gasteiger partial charge in [-0.3, -0.25) is 9.59 Å². The molecule has 1 aliphatic heterocycles. The standard InChI is InChI=1S/C15H19ClN2O2/c1-15(2,3)17-14(20)10-8-13(19)18(9-10)12-6-4-11(16)5-7-12/h4-7,10H,8-9H2,1-3H3,(H,17,20)/t10-/m1/s1. The highest BCUT2D eigenvalue weighted by Crippen LogP contribution is 2.26. The molecule has 1 saturated heterocycles. The van der Waals surface area contributed by atoms with Crippen LogP contribution in [-0.4, -0.2) is 23.9 Å². The molecule has 1 fully saturated rings. The van der Waals surface area contributed by atoms with Crippen LogP contribution in [0.25, 0.3) is 0 Å². The third-order valence-electron chi connectivity index (χ3n) is 3.13. The van der Waals surface area contributed by atoms with Crippen LogP contribution in [0.4, 0.5) is 5.69 Å². The third kappa shape index (κ3) is 3.51. The Bertz CT molecular complexity index is 520. The summed E-state index contributed by atoms with van der Waals surface area (Å²) in [6, 6.07) is 7.08. The maximum Gasteiger partial charge on any atom is 0.227 e. The molecular weight excluding hydrogens is 276 g/mol. The number of nitrogens with one attached hydrogen (secondary N) is 1. The second-order valence-electron chi connectivity index (χ2n) is 6.12. The lowest BCUT2D eigenvalue weighted by Gasteiger charge is -2.23. The van der Waals surface area contributed by atoms with Crippen molar-refractivity contribution in [3.05, 3.63) is 29.3 Å². The van der Waals surface area contributed by atoms with Gasteiger partial charge in [-0.05, 0) is 45.0 Å². The largest absolute Gasteiger partial charge is 0.351 e. The van der Waals surface area contributed by atoms with E-state index in [2.05, 4.69) is 5.32 Å². The van der Waals surface area contributed by atoms with Gasteiger partial charge in [-0.1, -0.05) is 11.6 Å². The van der Waals surface area contributed by atoms with Gasteiger partial charge in [0.05, 0.1) is 5.92 Å². The van der Waals surface area contributed by atoms with E-state index < -0.39 is 0 Å². The Balaban J connectivity index is 2.07. The summed E-state index contributed by atoms with van der Waals surface area (Å²) in [6.45, 7) is 6.21. The minimum absolute atomic E-state index is 0.0265. The van der Waals surface area contributed by atoms with Crippen LogP contribution in [0.2, 0.25) is 5.02 Å². The van der Waals surface area contributed by atoms with Crippen LogP contribution in [0.5, 0.6) is 0 Å². The van der Waals surface area contributed by atoms with Gasteiger partial charge in [0.1, 0.15) is 0 Å². The second-order valence-corrected chi connectivity index (χ2v) is 6.56. The van der Waals surface area contributed by atoms with E-state index in [1.165, 1.54) is 0 Å². The van der Waals surface area contributed by atoms with Gasteiger partial charge in [-0.25, -0.2) is 0 Å². The molecular formula is C15H19ClN2O2. The Morgan fingerprint density at radius 2 is 1.90 bits per heavy atom. The van der Waals surface area contributed by atoms with Crippen LogP contribution in [-0.2, 0) is 9.59 Å². The SMILES string of the molecule is CC(C)(C)NC(=O)[C@@H]1CC(=O)N(c2ccc(Cl)cc2)C1. The lowest BCUT2D eigenvalue weighted by Crippen LogP contribution is -2.44. The summed E-state index contributed by atoms with van der Waals surface area (Å²) in [7, 11) is 0. The lowest BCUT2D eigenvalue weighted by molar-refractivity contribution is -0.127. The molecule has 1 heterocycles. The van der Waals surface area contributed by atoms with E-state index in [-0.39, 0.29) is 29.7 Å². The maximum atomic E-state index is 12.1. The number of benzene rings is 1. The van der Waals surface area contributed by atoms with Crippen molar-refractivity contribution >= 4 is 29.1 Å². The first-order valence-corrected chi connectivity index (χ1v) is 7.02. The van der Waals surface area contributed by atoms with E-state index in [0.29, 0.717) is 11.6 Å². The van der Waals surface area contributed by atoms with E-state index in [1.807, 2.05) is 20.8 Å². The number of hydrogen-bond acceptors (Lipinski definition) is 2. The van der Waals surface area contributed by atoms with Crippen LogP contribution >= 0.6 is 11.6 Å². The number of carbonyl (C=O) groups is 2. The minimum Gasteiger partial charge on any atom is -0.351 e. The summed E-state index contributed by atoms with van der Waals surface area (Å²) < 4.78 is 0. The van der Waals surface area contributed by atoms with Crippen LogP contribution < -0.4 is 10.2 Å². The number of hydrogen-bond donors (Lipinski definition) is 1. The van der Waals surface area contributed by atoms with Gasteiger partial charge in [-0.2, -0.15) is 0 Å². The summed E-state index contributed by atoms with van der Waals surface area (Å²) in [5.41, 5.74) is 0.499. The fraction of sp³-hybridized carbons (Fsp3) is 0.467. The zero-order valence-corrected chi connectivity index (χ0v) is 12.7. The average Bonchev–Trinajstić information content (AvgIpc) is 2.70. The van der Waals surface area contributed by atoms with Gasteiger partial charge in [0.2, 0.25) is 11.8 Å². The molecule has 0 spiro atoms. The highest BCUT2D eigenvalue weighted by atomic mass is 35.5. The smallest absolute Gasteiger partial charge is 0.227 e. The van der Waals surface area contributed by atoms with Crippen molar-refractivity contribution in [2.45, 2.75) is 32.7 Å². The first kappa shape index (κ1) is 14.9. The lowest BCUT2D eigenvalue weighted by atomic mass is 10.0. The molecule has 0 unspecified atom stereocenters. The molecule has 4 nitrogen and oxygen atoms in total. The molecule has 108 valence electrons. The normalized spacial score (nSPS) is 19.3. The van der Waals surface area contributed by atoms with Crippen LogP contribution in [0, 0.1) is 5.92 Å². The Labute approximate surface area is 124 Å². The molecule has 0 aliphatic carbocycles. The Morgan fingerprint density at radius 1 is 1.30 bits per heavy atom. The minimum atomic E-state index is -0.294. The monoisotopic (exact) mass is 294 g/mol. The molecule has 0 aromatic heterocycles. The van der Waals surface area contributed by atoms with Crippen LogP contribution in [0.1, 0.15) is 27.2 Å².